The van der Waals surface area contributed by atoms with Gasteiger partial charge in [-0.25, -0.2) is 0 Å². The van der Waals surface area contributed by atoms with Gasteiger partial charge in [-0.15, -0.1) is 0 Å². The molecule has 0 aromatic carbocycles. The summed E-state index contributed by atoms with van der Waals surface area (Å²) in [6.07, 6.45) is 6.78. The minimum Gasteiger partial charge on any atom is -0.349 e. The van der Waals surface area contributed by atoms with Gasteiger partial charge in [-0.2, -0.15) is 0 Å². The molecule has 66 valence electrons. The predicted octanol–water partition coefficient (Wildman–Crippen LogP) is 1.29. The molecule has 2 rings (SSSR count). The minimum atomic E-state index is 0.287. The smallest absolute Gasteiger partial charge is 0.225 e. The molecule has 0 aromatic heterocycles. The van der Waals surface area contributed by atoms with Crippen LogP contribution in [0.4, 0.5) is 0 Å². The summed E-state index contributed by atoms with van der Waals surface area (Å²) in [5.41, 5.74) is 0. The topological polar surface area (TPSA) is 20.3 Å². The first kappa shape index (κ1) is 7.84. The maximum absolute atomic E-state index is 11.6. The van der Waals surface area contributed by atoms with Crippen LogP contribution in [0.25, 0.3) is 0 Å². The van der Waals surface area contributed by atoms with Gasteiger partial charge in [-0.1, -0.05) is 12.2 Å². The number of rotatable bonds is 1. The Morgan fingerprint density at radius 2 is 2.08 bits per heavy atom. The Kier molecular flexibility index (Phi) is 1.71. The summed E-state index contributed by atoms with van der Waals surface area (Å²) in [5.74, 6) is 1.84. The van der Waals surface area contributed by atoms with Crippen molar-refractivity contribution >= 4 is 5.91 Å². The molecule has 2 aliphatic carbocycles. The SMILES string of the molecule is CN(C)C(=O)C1CC2C=CC1C2. The highest BCUT2D eigenvalue weighted by Crippen LogP contribution is 2.43. The fourth-order valence-corrected chi connectivity index (χ4v) is 2.40. The Morgan fingerprint density at radius 3 is 2.50 bits per heavy atom. The van der Waals surface area contributed by atoms with E-state index < -0.39 is 0 Å². The molecule has 1 fully saturated rings. The van der Waals surface area contributed by atoms with Gasteiger partial charge in [0.15, 0.2) is 0 Å². The molecule has 12 heavy (non-hydrogen) atoms. The van der Waals surface area contributed by atoms with Crippen molar-refractivity contribution in [1.82, 2.24) is 4.90 Å². The number of hydrogen-bond acceptors (Lipinski definition) is 1. The van der Waals surface area contributed by atoms with Crippen LogP contribution in [0.1, 0.15) is 12.8 Å². The first-order valence-electron chi connectivity index (χ1n) is 4.58. The molecule has 3 unspecified atom stereocenters. The van der Waals surface area contributed by atoms with E-state index in [9.17, 15) is 4.79 Å². The molecule has 0 spiro atoms. The highest BCUT2D eigenvalue weighted by atomic mass is 16.2. The highest BCUT2D eigenvalue weighted by molar-refractivity contribution is 5.79. The molecule has 3 atom stereocenters. The van der Waals surface area contributed by atoms with E-state index in [0.29, 0.717) is 17.7 Å². The van der Waals surface area contributed by atoms with E-state index in [0.717, 1.165) is 6.42 Å². The van der Waals surface area contributed by atoms with Crippen molar-refractivity contribution in [2.75, 3.05) is 14.1 Å². The monoisotopic (exact) mass is 165 g/mol. The minimum absolute atomic E-state index is 0.287. The maximum Gasteiger partial charge on any atom is 0.225 e. The van der Waals surface area contributed by atoms with Crippen molar-refractivity contribution in [3.05, 3.63) is 12.2 Å². The van der Waals surface area contributed by atoms with Crippen LogP contribution >= 0.6 is 0 Å². The number of carbonyl (C=O) groups excluding carboxylic acids is 1. The molecular formula is C10H15NO. The molecule has 0 heterocycles. The van der Waals surface area contributed by atoms with Gasteiger partial charge in [-0.3, -0.25) is 4.79 Å². The Bertz CT molecular complexity index is 232. The summed E-state index contributed by atoms with van der Waals surface area (Å²) >= 11 is 0. The Labute approximate surface area is 73.2 Å². The van der Waals surface area contributed by atoms with Crippen molar-refractivity contribution in [1.29, 1.82) is 0 Å². The van der Waals surface area contributed by atoms with Gasteiger partial charge in [0, 0.05) is 20.0 Å². The molecule has 0 aromatic rings. The van der Waals surface area contributed by atoms with Crippen LogP contribution in [0.5, 0.6) is 0 Å². The molecule has 0 saturated heterocycles. The third kappa shape index (κ3) is 1.06. The number of amides is 1. The second kappa shape index (κ2) is 2.61. The summed E-state index contributed by atoms with van der Waals surface area (Å²) in [5, 5.41) is 0. The van der Waals surface area contributed by atoms with Crippen LogP contribution in [-0.2, 0) is 4.79 Å². The Morgan fingerprint density at radius 1 is 1.33 bits per heavy atom. The molecule has 1 saturated carbocycles. The van der Waals surface area contributed by atoms with Crippen LogP contribution in [0, 0.1) is 17.8 Å². The molecule has 0 N–H and O–H groups in total. The molecule has 0 aliphatic heterocycles. The lowest BCUT2D eigenvalue weighted by Crippen LogP contribution is -2.31. The molecular weight excluding hydrogens is 150 g/mol. The van der Waals surface area contributed by atoms with E-state index in [4.69, 9.17) is 0 Å². The van der Waals surface area contributed by atoms with E-state index >= 15 is 0 Å². The van der Waals surface area contributed by atoms with E-state index in [2.05, 4.69) is 12.2 Å². The second-order valence-electron chi connectivity index (χ2n) is 4.12. The normalized spacial score (nSPS) is 37.3. The van der Waals surface area contributed by atoms with Gasteiger partial charge >= 0.3 is 0 Å². The third-order valence-corrected chi connectivity index (χ3v) is 3.04. The van der Waals surface area contributed by atoms with Gasteiger partial charge in [0.2, 0.25) is 5.91 Å². The number of carbonyl (C=O) groups is 1. The number of nitrogens with zero attached hydrogens (tertiary/aromatic N) is 1. The van der Waals surface area contributed by atoms with Crippen molar-refractivity contribution in [2.45, 2.75) is 12.8 Å². The first-order chi connectivity index (χ1) is 5.68. The van der Waals surface area contributed by atoms with Gasteiger partial charge in [0.25, 0.3) is 0 Å². The summed E-state index contributed by atoms with van der Waals surface area (Å²) < 4.78 is 0. The van der Waals surface area contributed by atoms with Gasteiger partial charge in [-0.05, 0) is 24.7 Å². The van der Waals surface area contributed by atoms with Crippen LogP contribution in [0.3, 0.4) is 0 Å². The van der Waals surface area contributed by atoms with Crippen LogP contribution in [0.2, 0.25) is 0 Å². The zero-order valence-corrected chi connectivity index (χ0v) is 7.66. The Hall–Kier alpha value is -0.790. The van der Waals surface area contributed by atoms with Crippen molar-refractivity contribution < 1.29 is 4.79 Å². The molecule has 2 bridgehead atoms. The maximum atomic E-state index is 11.6. The van der Waals surface area contributed by atoms with Gasteiger partial charge < -0.3 is 4.90 Å². The largest absolute Gasteiger partial charge is 0.349 e. The van der Waals surface area contributed by atoms with Crippen molar-refractivity contribution in [3.63, 3.8) is 0 Å². The van der Waals surface area contributed by atoms with Crippen LogP contribution in [-0.4, -0.2) is 24.9 Å². The third-order valence-electron chi connectivity index (χ3n) is 3.04. The number of fused-ring (bicyclic) bond motifs is 2. The fraction of sp³-hybridized carbons (Fsp3) is 0.700. The van der Waals surface area contributed by atoms with Crippen LogP contribution in [0.15, 0.2) is 12.2 Å². The summed E-state index contributed by atoms with van der Waals surface area (Å²) in [4.78, 5) is 13.3. The van der Waals surface area contributed by atoms with E-state index in [1.165, 1.54) is 6.42 Å². The molecule has 2 aliphatic rings. The Balaban J connectivity index is 2.08. The summed E-state index contributed by atoms with van der Waals surface area (Å²) in [6, 6.07) is 0. The first-order valence-corrected chi connectivity index (χ1v) is 4.58. The lowest BCUT2D eigenvalue weighted by Gasteiger charge is -2.21. The zero-order chi connectivity index (χ0) is 8.72. The average Bonchev–Trinajstić information content (AvgIpc) is 2.62. The predicted molar refractivity (Wildman–Crippen MR) is 47.5 cm³/mol. The standard InChI is InChI=1S/C10H15NO/c1-11(2)10(12)9-6-7-3-4-8(9)5-7/h3-4,7-9H,5-6H2,1-2H3. The van der Waals surface area contributed by atoms with E-state index in [1.54, 1.807) is 4.90 Å². The average molecular weight is 165 g/mol. The number of hydrogen-bond donors (Lipinski definition) is 0. The van der Waals surface area contributed by atoms with Crippen molar-refractivity contribution in [2.24, 2.45) is 17.8 Å². The van der Waals surface area contributed by atoms with Gasteiger partial charge in [0.1, 0.15) is 0 Å². The van der Waals surface area contributed by atoms with E-state index in [-0.39, 0.29) is 5.92 Å². The summed E-state index contributed by atoms with van der Waals surface area (Å²) in [7, 11) is 3.69. The van der Waals surface area contributed by atoms with E-state index in [1.807, 2.05) is 14.1 Å². The van der Waals surface area contributed by atoms with Crippen LogP contribution < -0.4 is 0 Å². The highest BCUT2D eigenvalue weighted by Gasteiger charge is 2.40. The van der Waals surface area contributed by atoms with Gasteiger partial charge in [0.05, 0.1) is 0 Å². The molecule has 2 nitrogen and oxygen atoms in total. The molecule has 2 heteroatoms. The lowest BCUT2D eigenvalue weighted by atomic mass is 9.92. The molecule has 1 amide bonds. The summed E-state index contributed by atoms with van der Waals surface area (Å²) in [6.45, 7) is 0. The molecule has 0 radical (unpaired) electrons. The number of allylic oxidation sites excluding steroid dienone is 2. The fourth-order valence-electron chi connectivity index (χ4n) is 2.40. The quantitative estimate of drug-likeness (QED) is 0.536. The lowest BCUT2D eigenvalue weighted by molar-refractivity contribution is -0.133. The van der Waals surface area contributed by atoms with Crippen molar-refractivity contribution in [3.8, 4) is 0 Å². The zero-order valence-electron chi connectivity index (χ0n) is 7.66. The second-order valence-corrected chi connectivity index (χ2v) is 4.12.